The molecule has 90 valence electrons. The van der Waals surface area contributed by atoms with E-state index in [9.17, 15) is 5.11 Å². The fourth-order valence-electron chi connectivity index (χ4n) is 2.56. The van der Waals surface area contributed by atoms with E-state index in [0.29, 0.717) is 0 Å². The second-order valence-corrected chi connectivity index (χ2v) is 4.81. The number of aliphatic hydroxyl groups is 1. The molecule has 3 heteroatoms. The molecular formula is C12H26N2O. The molecule has 0 aromatic rings. The lowest BCUT2D eigenvalue weighted by Crippen LogP contribution is -2.43. The Hall–Kier alpha value is -0.120. The normalized spacial score (nSPS) is 20.0. The molecule has 1 aliphatic carbocycles. The summed E-state index contributed by atoms with van der Waals surface area (Å²) < 4.78 is 0. The van der Waals surface area contributed by atoms with Crippen LogP contribution < -0.4 is 5.32 Å². The molecule has 2 N–H and O–H groups in total. The fraction of sp³-hybridized carbons (Fsp3) is 1.00. The van der Waals surface area contributed by atoms with Gasteiger partial charge in [0.05, 0.1) is 6.61 Å². The molecule has 1 fully saturated rings. The maximum absolute atomic E-state index is 9.18. The van der Waals surface area contributed by atoms with Crippen LogP contribution in [0.25, 0.3) is 0 Å². The summed E-state index contributed by atoms with van der Waals surface area (Å²) in [5, 5.41) is 12.5. The Bertz CT molecular complexity index is 158. The van der Waals surface area contributed by atoms with Crippen LogP contribution in [0.1, 0.15) is 32.6 Å². The minimum absolute atomic E-state index is 0.237. The lowest BCUT2D eigenvalue weighted by Gasteiger charge is -2.25. The van der Waals surface area contributed by atoms with Gasteiger partial charge in [0.1, 0.15) is 0 Å². The standard InChI is InChI=1S/C12H26N2O/c1-3-13-12(10-15)9-14(2)8-11-6-4-5-7-11/h11-13,15H,3-10H2,1-2H3. The van der Waals surface area contributed by atoms with E-state index in [-0.39, 0.29) is 12.6 Å². The first-order valence-electron chi connectivity index (χ1n) is 6.29. The molecule has 0 heterocycles. The Labute approximate surface area is 93.9 Å². The van der Waals surface area contributed by atoms with Crippen molar-refractivity contribution in [2.24, 2.45) is 5.92 Å². The first-order chi connectivity index (χ1) is 7.26. The zero-order chi connectivity index (χ0) is 11.1. The monoisotopic (exact) mass is 214 g/mol. The van der Waals surface area contributed by atoms with E-state index in [1.54, 1.807) is 0 Å². The molecule has 0 saturated heterocycles. The van der Waals surface area contributed by atoms with Gasteiger partial charge >= 0.3 is 0 Å². The van der Waals surface area contributed by atoms with Crippen LogP contribution >= 0.6 is 0 Å². The van der Waals surface area contributed by atoms with Gasteiger partial charge in [-0.1, -0.05) is 19.8 Å². The zero-order valence-electron chi connectivity index (χ0n) is 10.2. The van der Waals surface area contributed by atoms with Crippen molar-refractivity contribution in [1.82, 2.24) is 10.2 Å². The zero-order valence-corrected chi connectivity index (χ0v) is 10.2. The van der Waals surface area contributed by atoms with Gasteiger partial charge in [-0.05, 0) is 32.4 Å². The molecule has 1 rings (SSSR count). The summed E-state index contributed by atoms with van der Waals surface area (Å²) in [6, 6.07) is 0.237. The van der Waals surface area contributed by atoms with Crippen LogP contribution in [0.2, 0.25) is 0 Å². The summed E-state index contributed by atoms with van der Waals surface area (Å²) in [6.07, 6.45) is 5.62. The highest BCUT2D eigenvalue weighted by atomic mass is 16.3. The quantitative estimate of drug-likeness (QED) is 0.665. The minimum atomic E-state index is 0.237. The molecule has 0 aromatic heterocycles. The molecule has 15 heavy (non-hydrogen) atoms. The minimum Gasteiger partial charge on any atom is -0.395 e. The summed E-state index contributed by atoms with van der Waals surface area (Å²) in [7, 11) is 2.16. The van der Waals surface area contributed by atoms with E-state index in [4.69, 9.17) is 0 Å². The third-order valence-electron chi connectivity index (χ3n) is 3.29. The van der Waals surface area contributed by atoms with Crippen molar-refractivity contribution in [2.75, 3.05) is 33.3 Å². The number of nitrogens with zero attached hydrogens (tertiary/aromatic N) is 1. The van der Waals surface area contributed by atoms with Gasteiger partial charge < -0.3 is 15.3 Å². The van der Waals surface area contributed by atoms with Gasteiger partial charge in [-0.3, -0.25) is 0 Å². The second kappa shape index (κ2) is 7.20. The summed E-state index contributed by atoms with van der Waals surface area (Å²) in [5.41, 5.74) is 0. The van der Waals surface area contributed by atoms with E-state index in [2.05, 4.69) is 24.2 Å². The molecule has 0 bridgehead atoms. The first kappa shape index (κ1) is 12.9. The average molecular weight is 214 g/mol. The summed E-state index contributed by atoms with van der Waals surface area (Å²) in [5.74, 6) is 0.899. The average Bonchev–Trinajstić information content (AvgIpc) is 2.69. The molecule has 1 saturated carbocycles. The molecule has 0 aliphatic heterocycles. The van der Waals surface area contributed by atoms with Gasteiger partial charge in [0.15, 0.2) is 0 Å². The SMILES string of the molecule is CCNC(CO)CN(C)CC1CCCC1. The molecule has 0 radical (unpaired) electrons. The Morgan fingerprint density at radius 3 is 2.60 bits per heavy atom. The molecule has 1 unspecified atom stereocenters. The van der Waals surface area contributed by atoms with Crippen molar-refractivity contribution in [3.63, 3.8) is 0 Å². The van der Waals surface area contributed by atoms with Crippen LogP contribution in [0.3, 0.4) is 0 Å². The van der Waals surface area contributed by atoms with Gasteiger partial charge in [0, 0.05) is 19.1 Å². The highest BCUT2D eigenvalue weighted by molar-refractivity contribution is 4.74. The highest BCUT2D eigenvalue weighted by Gasteiger charge is 2.18. The van der Waals surface area contributed by atoms with Gasteiger partial charge in [-0.15, -0.1) is 0 Å². The molecule has 0 spiro atoms. The van der Waals surface area contributed by atoms with E-state index in [1.807, 2.05) is 0 Å². The molecule has 0 amide bonds. The number of hydrogen-bond acceptors (Lipinski definition) is 3. The van der Waals surface area contributed by atoms with Gasteiger partial charge in [-0.2, -0.15) is 0 Å². The third-order valence-corrected chi connectivity index (χ3v) is 3.29. The lowest BCUT2D eigenvalue weighted by molar-refractivity contribution is 0.187. The maximum atomic E-state index is 9.18. The van der Waals surface area contributed by atoms with Crippen LogP contribution in [0, 0.1) is 5.92 Å². The van der Waals surface area contributed by atoms with Gasteiger partial charge in [0.2, 0.25) is 0 Å². The van der Waals surface area contributed by atoms with E-state index >= 15 is 0 Å². The van der Waals surface area contributed by atoms with Gasteiger partial charge in [0.25, 0.3) is 0 Å². The number of aliphatic hydroxyl groups excluding tert-OH is 1. The maximum Gasteiger partial charge on any atom is 0.0597 e. The van der Waals surface area contributed by atoms with Crippen LogP contribution in [-0.2, 0) is 0 Å². The Morgan fingerprint density at radius 2 is 2.07 bits per heavy atom. The van der Waals surface area contributed by atoms with Crippen molar-refractivity contribution < 1.29 is 5.11 Å². The number of likely N-dealkylation sites (N-methyl/N-ethyl adjacent to an activating group) is 2. The summed E-state index contributed by atoms with van der Waals surface area (Å²) in [6.45, 7) is 5.41. The van der Waals surface area contributed by atoms with Crippen molar-refractivity contribution in [3.8, 4) is 0 Å². The topological polar surface area (TPSA) is 35.5 Å². The van der Waals surface area contributed by atoms with Crippen LogP contribution in [0.15, 0.2) is 0 Å². The highest BCUT2D eigenvalue weighted by Crippen LogP contribution is 2.25. The fourth-order valence-corrected chi connectivity index (χ4v) is 2.56. The predicted octanol–water partition coefficient (Wildman–Crippen LogP) is 1.08. The number of hydrogen-bond donors (Lipinski definition) is 2. The molecule has 1 aliphatic rings. The van der Waals surface area contributed by atoms with Crippen molar-refractivity contribution >= 4 is 0 Å². The van der Waals surface area contributed by atoms with Crippen molar-refractivity contribution in [1.29, 1.82) is 0 Å². The van der Waals surface area contributed by atoms with Crippen LogP contribution in [-0.4, -0.2) is 49.3 Å². The molecular weight excluding hydrogens is 188 g/mol. The summed E-state index contributed by atoms with van der Waals surface area (Å²) >= 11 is 0. The van der Waals surface area contributed by atoms with E-state index < -0.39 is 0 Å². The number of nitrogens with one attached hydrogen (secondary N) is 1. The van der Waals surface area contributed by atoms with Crippen LogP contribution in [0.5, 0.6) is 0 Å². The van der Waals surface area contributed by atoms with Crippen LogP contribution in [0.4, 0.5) is 0 Å². The Morgan fingerprint density at radius 1 is 1.40 bits per heavy atom. The third kappa shape index (κ3) is 4.96. The number of rotatable bonds is 7. The molecule has 1 atom stereocenters. The largest absolute Gasteiger partial charge is 0.395 e. The molecule has 3 nitrogen and oxygen atoms in total. The predicted molar refractivity (Wildman–Crippen MR) is 64.0 cm³/mol. The van der Waals surface area contributed by atoms with Crippen molar-refractivity contribution in [3.05, 3.63) is 0 Å². The van der Waals surface area contributed by atoms with E-state index in [1.165, 1.54) is 32.2 Å². The smallest absolute Gasteiger partial charge is 0.0597 e. The van der Waals surface area contributed by atoms with E-state index in [0.717, 1.165) is 19.0 Å². The second-order valence-electron chi connectivity index (χ2n) is 4.81. The Balaban J connectivity index is 2.17. The van der Waals surface area contributed by atoms with Gasteiger partial charge in [-0.25, -0.2) is 0 Å². The summed E-state index contributed by atoms with van der Waals surface area (Å²) in [4.78, 5) is 2.36. The van der Waals surface area contributed by atoms with Crippen molar-refractivity contribution in [2.45, 2.75) is 38.6 Å². The first-order valence-corrected chi connectivity index (χ1v) is 6.29. The Kier molecular flexibility index (Phi) is 6.22. The lowest BCUT2D eigenvalue weighted by atomic mass is 10.1. The molecule has 0 aromatic carbocycles.